The van der Waals surface area contributed by atoms with Crippen molar-refractivity contribution in [1.29, 1.82) is 5.26 Å². The maximum absolute atomic E-state index is 9.91. The molecular formula is C13H17N3O2. The Bertz CT molecular complexity index is 450. The zero-order valence-electron chi connectivity index (χ0n) is 10.1. The third-order valence-corrected chi connectivity index (χ3v) is 3.25. The van der Waals surface area contributed by atoms with Crippen molar-refractivity contribution in [2.45, 2.75) is 12.5 Å². The minimum atomic E-state index is -0.113. The highest BCUT2D eigenvalue weighted by Crippen LogP contribution is 2.33. The lowest BCUT2D eigenvalue weighted by Crippen LogP contribution is -2.45. The number of nitrogens with zero attached hydrogens (tertiary/aromatic N) is 2. The summed E-state index contributed by atoms with van der Waals surface area (Å²) in [7, 11) is 0. The maximum Gasteiger partial charge on any atom is 0.124 e. The number of rotatable bonds is 3. The monoisotopic (exact) mass is 247 g/mol. The Kier molecular flexibility index (Phi) is 4.03. The second kappa shape index (κ2) is 5.71. The Morgan fingerprint density at radius 1 is 1.33 bits per heavy atom. The van der Waals surface area contributed by atoms with Gasteiger partial charge in [0.15, 0.2) is 0 Å². The van der Waals surface area contributed by atoms with Crippen LogP contribution in [0.25, 0.3) is 0 Å². The van der Waals surface area contributed by atoms with Gasteiger partial charge in [0.2, 0.25) is 0 Å². The minimum Gasteiger partial charge on any atom is -0.508 e. The lowest BCUT2D eigenvalue weighted by Gasteiger charge is -2.34. The molecule has 1 aliphatic heterocycles. The van der Waals surface area contributed by atoms with Crippen molar-refractivity contribution in [2.75, 3.05) is 26.2 Å². The van der Waals surface area contributed by atoms with Gasteiger partial charge in [0.1, 0.15) is 11.5 Å². The van der Waals surface area contributed by atoms with E-state index in [2.05, 4.69) is 16.3 Å². The molecule has 1 atom stereocenters. The van der Waals surface area contributed by atoms with E-state index >= 15 is 0 Å². The molecule has 2 rings (SSSR count). The second-order valence-electron chi connectivity index (χ2n) is 4.41. The number of nitrogens with one attached hydrogen (secondary N) is 1. The number of benzene rings is 1. The zero-order valence-corrected chi connectivity index (χ0v) is 10.1. The van der Waals surface area contributed by atoms with Crippen LogP contribution < -0.4 is 5.32 Å². The fraction of sp³-hybridized carbons (Fsp3) is 0.462. The standard InChI is InChI=1S/C13H17N3O2/c14-4-3-12(16-7-5-15-6-8-16)11-2-1-10(17)9-13(11)18/h1-2,9,12,15,17-18H,3,5-8H2/t12-/m1/s1. The Morgan fingerprint density at radius 2 is 2.06 bits per heavy atom. The topological polar surface area (TPSA) is 79.5 Å². The predicted molar refractivity (Wildman–Crippen MR) is 67.2 cm³/mol. The molecule has 0 aliphatic carbocycles. The molecule has 0 unspecified atom stereocenters. The molecule has 0 spiro atoms. The molecule has 1 saturated heterocycles. The Morgan fingerprint density at radius 3 is 2.67 bits per heavy atom. The van der Waals surface area contributed by atoms with E-state index in [0.29, 0.717) is 12.0 Å². The largest absolute Gasteiger partial charge is 0.508 e. The number of aromatic hydroxyl groups is 2. The number of hydrogen-bond donors (Lipinski definition) is 3. The fourth-order valence-corrected chi connectivity index (χ4v) is 2.33. The van der Waals surface area contributed by atoms with Crippen LogP contribution in [0.15, 0.2) is 18.2 Å². The number of piperazine rings is 1. The molecule has 1 aromatic carbocycles. The molecule has 1 heterocycles. The zero-order chi connectivity index (χ0) is 13.0. The average molecular weight is 247 g/mol. The van der Waals surface area contributed by atoms with Crippen LogP contribution in [-0.4, -0.2) is 41.3 Å². The van der Waals surface area contributed by atoms with Gasteiger partial charge in [-0.1, -0.05) is 6.07 Å². The molecule has 96 valence electrons. The van der Waals surface area contributed by atoms with Gasteiger partial charge in [0.05, 0.1) is 18.5 Å². The van der Waals surface area contributed by atoms with E-state index in [-0.39, 0.29) is 17.5 Å². The lowest BCUT2D eigenvalue weighted by molar-refractivity contribution is 0.173. The van der Waals surface area contributed by atoms with Crippen LogP contribution in [0.2, 0.25) is 0 Å². The summed E-state index contributed by atoms with van der Waals surface area (Å²) in [6.07, 6.45) is 0.332. The van der Waals surface area contributed by atoms with E-state index in [0.717, 1.165) is 26.2 Å². The third-order valence-electron chi connectivity index (χ3n) is 3.25. The van der Waals surface area contributed by atoms with Crippen LogP contribution >= 0.6 is 0 Å². The van der Waals surface area contributed by atoms with Gasteiger partial charge in [-0.3, -0.25) is 4.90 Å². The van der Waals surface area contributed by atoms with Crippen molar-refractivity contribution in [3.8, 4) is 17.6 Å². The number of hydrogen-bond acceptors (Lipinski definition) is 5. The first-order valence-electron chi connectivity index (χ1n) is 6.06. The van der Waals surface area contributed by atoms with Gasteiger partial charge in [-0.2, -0.15) is 5.26 Å². The van der Waals surface area contributed by atoms with Crippen molar-refractivity contribution in [2.24, 2.45) is 0 Å². The van der Waals surface area contributed by atoms with Crippen LogP contribution in [0, 0.1) is 11.3 Å². The molecule has 0 bridgehead atoms. The first-order chi connectivity index (χ1) is 8.72. The average Bonchev–Trinajstić information content (AvgIpc) is 2.38. The molecule has 5 heteroatoms. The summed E-state index contributed by atoms with van der Waals surface area (Å²) in [6, 6.07) is 6.61. The van der Waals surface area contributed by atoms with E-state index in [1.807, 2.05) is 0 Å². The number of phenolic OH excluding ortho intramolecular Hbond substituents is 2. The van der Waals surface area contributed by atoms with Crippen molar-refractivity contribution < 1.29 is 10.2 Å². The summed E-state index contributed by atoms with van der Waals surface area (Å²) in [6.45, 7) is 3.49. The van der Waals surface area contributed by atoms with E-state index in [9.17, 15) is 10.2 Å². The van der Waals surface area contributed by atoms with Gasteiger partial charge in [-0.15, -0.1) is 0 Å². The van der Waals surface area contributed by atoms with E-state index in [1.54, 1.807) is 12.1 Å². The first kappa shape index (κ1) is 12.7. The van der Waals surface area contributed by atoms with Crippen LogP contribution in [0.1, 0.15) is 18.0 Å². The van der Waals surface area contributed by atoms with Crippen LogP contribution in [0.5, 0.6) is 11.5 Å². The van der Waals surface area contributed by atoms with E-state index in [1.165, 1.54) is 6.07 Å². The Labute approximate surface area is 106 Å². The summed E-state index contributed by atoms with van der Waals surface area (Å²) in [5.41, 5.74) is 0.705. The van der Waals surface area contributed by atoms with Gasteiger partial charge >= 0.3 is 0 Å². The van der Waals surface area contributed by atoms with Gasteiger partial charge < -0.3 is 15.5 Å². The molecular weight excluding hydrogens is 230 g/mol. The summed E-state index contributed by atoms with van der Waals surface area (Å²) >= 11 is 0. The van der Waals surface area contributed by atoms with Crippen molar-refractivity contribution in [3.63, 3.8) is 0 Å². The summed E-state index contributed by atoms with van der Waals surface area (Å²) in [4.78, 5) is 2.19. The van der Waals surface area contributed by atoms with Gasteiger partial charge in [0.25, 0.3) is 0 Å². The molecule has 1 aliphatic rings. The number of phenols is 2. The van der Waals surface area contributed by atoms with Gasteiger partial charge in [0, 0.05) is 37.8 Å². The van der Waals surface area contributed by atoms with Crippen LogP contribution in [0.3, 0.4) is 0 Å². The molecule has 1 fully saturated rings. The van der Waals surface area contributed by atoms with Crippen LogP contribution in [-0.2, 0) is 0 Å². The molecule has 18 heavy (non-hydrogen) atoms. The van der Waals surface area contributed by atoms with Crippen molar-refractivity contribution >= 4 is 0 Å². The molecule has 1 aromatic rings. The fourth-order valence-electron chi connectivity index (χ4n) is 2.33. The lowest BCUT2D eigenvalue weighted by atomic mass is 10.0. The highest BCUT2D eigenvalue weighted by atomic mass is 16.3. The quantitative estimate of drug-likeness (QED) is 0.741. The van der Waals surface area contributed by atoms with E-state index < -0.39 is 0 Å². The highest BCUT2D eigenvalue weighted by Gasteiger charge is 2.24. The number of nitriles is 1. The molecule has 0 saturated carbocycles. The van der Waals surface area contributed by atoms with Crippen molar-refractivity contribution in [1.82, 2.24) is 10.2 Å². The van der Waals surface area contributed by atoms with Gasteiger partial charge in [-0.25, -0.2) is 0 Å². The minimum absolute atomic E-state index is 0.0345. The Hall–Kier alpha value is -1.77. The Balaban J connectivity index is 2.25. The maximum atomic E-state index is 9.91. The molecule has 0 amide bonds. The molecule has 5 nitrogen and oxygen atoms in total. The van der Waals surface area contributed by atoms with Gasteiger partial charge in [-0.05, 0) is 6.07 Å². The molecule has 0 aromatic heterocycles. The second-order valence-corrected chi connectivity index (χ2v) is 4.41. The van der Waals surface area contributed by atoms with Crippen molar-refractivity contribution in [3.05, 3.63) is 23.8 Å². The third kappa shape index (κ3) is 2.73. The van der Waals surface area contributed by atoms with E-state index in [4.69, 9.17) is 5.26 Å². The summed E-state index contributed by atoms with van der Waals surface area (Å²) in [5, 5.41) is 31.4. The smallest absolute Gasteiger partial charge is 0.124 e. The normalized spacial score (nSPS) is 18.2. The first-order valence-corrected chi connectivity index (χ1v) is 6.06. The molecule has 0 radical (unpaired) electrons. The van der Waals surface area contributed by atoms with Crippen LogP contribution in [0.4, 0.5) is 0 Å². The summed E-state index contributed by atoms with van der Waals surface area (Å²) in [5.74, 6) is 0.0843. The SMILES string of the molecule is N#CC[C@H](c1ccc(O)cc1O)N1CCNCC1. The molecule has 3 N–H and O–H groups in total. The predicted octanol–water partition coefficient (Wildman–Crippen LogP) is 0.958. The highest BCUT2D eigenvalue weighted by molar-refractivity contribution is 5.41. The summed E-state index contributed by atoms with van der Waals surface area (Å²) < 4.78 is 0.